The normalized spacial score (nSPS) is 15.2. The van der Waals surface area contributed by atoms with Crippen LogP contribution >= 0.6 is 11.8 Å². The summed E-state index contributed by atoms with van der Waals surface area (Å²) in [5.74, 6) is 6.78. The zero-order valence-corrected chi connectivity index (χ0v) is 16.1. The van der Waals surface area contributed by atoms with Crippen molar-refractivity contribution in [3.63, 3.8) is 0 Å². The van der Waals surface area contributed by atoms with Crippen molar-refractivity contribution >= 4 is 40.0 Å². The summed E-state index contributed by atoms with van der Waals surface area (Å²) in [4.78, 5) is 27.5. The van der Waals surface area contributed by atoms with Gasteiger partial charge < -0.3 is 4.42 Å². The van der Waals surface area contributed by atoms with Crippen molar-refractivity contribution in [2.75, 3.05) is 0 Å². The Bertz CT molecular complexity index is 1180. The van der Waals surface area contributed by atoms with Crippen LogP contribution in [0.2, 0.25) is 0 Å². The molecule has 1 fully saturated rings. The van der Waals surface area contributed by atoms with Crippen LogP contribution < -0.4 is 5.32 Å². The first-order valence-electron chi connectivity index (χ1n) is 8.74. The number of imide groups is 1. The summed E-state index contributed by atoms with van der Waals surface area (Å²) in [6.07, 6.45) is 4.88. The summed E-state index contributed by atoms with van der Waals surface area (Å²) in [7, 11) is 0. The predicted molar refractivity (Wildman–Crippen MR) is 110 cm³/mol. The van der Waals surface area contributed by atoms with E-state index in [0.717, 1.165) is 22.7 Å². The Morgan fingerprint density at radius 3 is 2.61 bits per heavy atom. The number of fused-ring (bicyclic) bond motifs is 1. The predicted octanol–water partition coefficient (Wildman–Crippen LogP) is 4.67. The van der Waals surface area contributed by atoms with E-state index in [9.17, 15) is 9.59 Å². The van der Waals surface area contributed by atoms with Gasteiger partial charge in [-0.1, -0.05) is 37.8 Å². The Morgan fingerprint density at radius 1 is 1.14 bits per heavy atom. The van der Waals surface area contributed by atoms with Crippen LogP contribution in [0.25, 0.3) is 17.0 Å². The largest absolute Gasteiger partial charge is 0.455 e. The number of thioether (sulfide) groups is 1. The lowest BCUT2D eigenvalue weighted by atomic mass is 10.0. The molecule has 4 rings (SSSR count). The second-order valence-corrected chi connectivity index (χ2v) is 7.65. The second kappa shape index (κ2) is 7.37. The third-order valence-electron chi connectivity index (χ3n) is 4.28. The van der Waals surface area contributed by atoms with Gasteiger partial charge in [0, 0.05) is 29.4 Å². The summed E-state index contributed by atoms with van der Waals surface area (Å²) in [6.45, 7) is 4.31. The maximum absolute atomic E-state index is 11.7. The number of rotatable bonds is 2. The van der Waals surface area contributed by atoms with Gasteiger partial charge in [-0.05, 0) is 41.4 Å². The Morgan fingerprint density at radius 2 is 1.93 bits per heavy atom. The molecule has 0 spiro atoms. The van der Waals surface area contributed by atoms with Crippen molar-refractivity contribution in [3.05, 3.63) is 70.1 Å². The third-order valence-corrected chi connectivity index (χ3v) is 5.09. The Labute approximate surface area is 166 Å². The lowest BCUT2D eigenvalue weighted by Gasteiger charge is -2.03. The first kappa shape index (κ1) is 18.1. The zero-order valence-electron chi connectivity index (χ0n) is 15.3. The van der Waals surface area contributed by atoms with Gasteiger partial charge in [-0.15, -0.1) is 0 Å². The summed E-state index contributed by atoms with van der Waals surface area (Å²) in [5, 5.41) is 2.62. The Hall–Kier alpha value is -3.30. The number of hydrogen-bond donors (Lipinski definition) is 1. The minimum Gasteiger partial charge on any atom is -0.455 e. The van der Waals surface area contributed by atoms with Gasteiger partial charge >= 0.3 is 0 Å². The third kappa shape index (κ3) is 3.71. The molecule has 1 aromatic carbocycles. The molecule has 1 N–H and O–H groups in total. The van der Waals surface area contributed by atoms with Gasteiger partial charge in [0.1, 0.15) is 5.76 Å². The highest BCUT2D eigenvalue weighted by atomic mass is 32.2. The van der Waals surface area contributed by atoms with E-state index in [1.807, 2.05) is 12.1 Å². The molecular weight excluding hydrogens is 372 g/mol. The van der Waals surface area contributed by atoms with Gasteiger partial charge in [-0.2, -0.15) is 0 Å². The van der Waals surface area contributed by atoms with Crippen molar-refractivity contribution in [2.45, 2.75) is 19.8 Å². The van der Waals surface area contributed by atoms with Gasteiger partial charge in [0.15, 0.2) is 5.58 Å². The van der Waals surface area contributed by atoms with Gasteiger partial charge in [-0.25, -0.2) is 0 Å². The number of hydrogen-bond acceptors (Lipinski definition) is 5. The first-order chi connectivity index (χ1) is 13.5. The molecule has 0 bridgehead atoms. The molecule has 0 radical (unpaired) electrons. The zero-order chi connectivity index (χ0) is 19.7. The number of carbonyl (C=O) groups excluding carboxylic acids is 2. The monoisotopic (exact) mass is 388 g/mol. The Balaban J connectivity index is 1.66. The minimum atomic E-state index is -0.418. The van der Waals surface area contributed by atoms with Crippen LogP contribution in [0.3, 0.4) is 0 Å². The number of amides is 2. The minimum absolute atomic E-state index is 0.301. The SMILES string of the molecule is CC(C)c1ccc(C#Cc2cncc3cc(/C=C4\SC(=O)NC4=O)oc23)cc1. The highest BCUT2D eigenvalue weighted by Crippen LogP contribution is 2.29. The van der Waals surface area contributed by atoms with Crippen LogP contribution in [0.5, 0.6) is 0 Å². The molecule has 2 amide bonds. The molecular formula is C22H16N2O3S. The molecule has 3 heterocycles. The van der Waals surface area contributed by atoms with Gasteiger partial charge in [-0.3, -0.25) is 19.9 Å². The molecule has 6 heteroatoms. The lowest BCUT2D eigenvalue weighted by molar-refractivity contribution is -0.115. The number of benzene rings is 1. The summed E-state index contributed by atoms with van der Waals surface area (Å²) in [6, 6.07) is 9.93. The van der Waals surface area contributed by atoms with E-state index in [-0.39, 0.29) is 5.24 Å². The number of pyridine rings is 1. The molecule has 5 nitrogen and oxygen atoms in total. The molecule has 3 aromatic rings. The van der Waals surface area contributed by atoms with E-state index >= 15 is 0 Å². The Kier molecular flexibility index (Phi) is 4.76. The van der Waals surface area contributed by atoms with Crippen LogP contribution in [-0.2, 0) is 4.79 Å². The molecule has 1 aliphatic heterocycles. The smallest absolute Gasteiger partial charge is 0.290 e. The molecule has 1 saturated heterocycles. The summed E-state index contributed by atoms with van der Waals surface area (Å²) >= 11 is 0.851. The van der Waals surface area contributed by atoms with E-state index in [1.165, 1.54) is 5.56 Å². The molecule has 138 valence electrons. The van der Waals surface area contributed by atoms with E-state index in [4.69, 9.17) is 4.42 Å². The van der Waals surface area contributed by atoms with Crippen LogP contribution in [0.15, 0.2) is 52.0 Å². The van der Waals surface area contributed by atoms with Crippen molar-refractivity contribution in [2.24, 2.45) is 0 Å². The van der Waals surface area contributed by atoms with Crippen LogP contribution in [0, 0.1) is 11.8 Å². The van der Waals surface area contributed by atoms with Crippen molar-refractivity contribution in [3.8, 4) is 11.8 Å². The van der Waals surface area contributed by atoms with E-state index < -0.39 is 5.91 Å². The highest BCUT2D eigenvalue weighted by Gasteiger charge is 2.25. The molecule has 28 heavy (non-hydrogen) atoms. The molecule has 0 aliphatic carbocycles. The van der Waals surface area contributed by atoms with Crippen molar-refractivity contribution < 1.29 is 14.0 Å². The topological polar surface area (TPSA) is 72.2 Å². The average molecular weight is 388 g/mol. The number of furan rings is 1. The van der Waals surface area contributed by atoms with Crippen LogP contribution in [-0.4, -0.2) is 16.1 Å². The molecule has 0 unspecified atom stereocenters. The number of nitrogens with one attached hydrogen (secondary N) is 1. The standard InChI is InChI=1S/C22H16N2O3S/c1-13(2)15-6-3-14(4-7-15)5-8-16-11-23-12-17-9-18(27-20(16)17)10-19-21(25)24-22(26)28-19/h3-4,6-7,9-13H,1-2H3,(H,24,25,26)/b19-10-. The van der Waals surface area contributed by atoms with Crippen LogP contribution in [0.1, 0.15) is 42.2 Å². The van der Waals surface area contributed by atoms with Gasteiger partial charge in [0.05, 0.1) is 10.5 Å². The molecule has 0 saturated carbocycles. The van der Waals surface area contributed by atoms with Gasteiger partial charge in [0.25, 0.3) is 11.1 Å². The van der Waals surface area contributed by atoms with E-state index in [0.29, 0.717) is 27.7 Å². The van der Waals surface area contributed by atoms with Crippen molar-refractivity contribution in [1.82, 2.24) is 10.3 Å². The maximum Gasteiger partial charge on any atom is 0.290 e. The van der Waals surface area contributed by atoms with Gasteiger partial charge in [0.2, 0.25) is 0 Å². The fourth-order valence-corrected chi connectivity index (χ4v) is 3.45. The average Bonchev–Trinajstić information content (AvgIpc) is 3.22. The fraction of sp³-hybridized carbons (Fsp3) is 0.136. The highest BCUT2D eigenvalue weighted by molar-refractivity contribution is 8.18. The first-order valence-corrected chi connectivity index (χ1v) is 9.55. The summed E-state index contributed by atoms with van der Waals surface area (Å²) in [5.41, 5.74) is 3.44. The van der Waals surface area contributed by atoms with Crippen LogP contribution in [0.4, 0.5) is 4.79 Å². The van der Waals surface area contributed by atoms with E-state index in [2.05, 4.69) is 48.1 Å². The molecule has 0 atom stereocenters. The van der Waals surface area contributed by atoms with E-state index in [1.54, 1.807) is 24.5 Å². The van der Waals surface area contributed by atoms with Crippen molar-refractivity contribution in [1.29, 1.82) is 0 Å². The number of nitrogens with zero attached hydrogens (tertiary/aromatic N) is 1. The maximum atomic E-state index is 11.7. The number of aromatic nitrogens is 1. The second-order valence-electron chi connectivity index (χ2n) is 6.63. The fourth-order valence-electron chi connectivity index (χ4n) is 2.78. The quantitative estimate of drug-likeness (QED) is 0.510. The lowest BCUT2D eigenvalue weighted by Crippen LogP contribution is -2.17. The summed E-state index contributed by atoms with van der Waals surface area (Å²) < 4.78 is 5.86. The molecule has 1 aliphatic rings. The number of carbonyl (C=O) groups is 2. The molecule has 2 aromatic heterocycles.